The number of ketones is 2. The lowest BCUT2D eigenvalue weighted by Crippen LogP contribution is -2.64. The minimum Gasteiger partial charge on any atom is -0.456 e. The number of Topliss-reactive ketones (excluding diaryl/α,β-unsaturated/α-hetero) is 2. The van der Waals surface area contributed by atoms with Crippen LogP contribution in [0.2, 0.25) is 0 Å². The number of ether oxygens (including phenoxy) is 4. The number of aldehydes is 1. The summed E-state index contributed by atoms with van der Waals surface area (Å²) in [6.07, 6.45) is 5.17. The summed E-state index contributed by atoms with van der Waals surface area (Å²) in [6, 6.07) is -1.17. The molecule has 57 heavy (non-hydrogen) atoms. The maximum atomic E-state index is 14.3. The molecule has 3 N–H and O–H groups in total. The minimum absolute atomic E-state index is 0.0221. The number of esters is 1. The van der Waals surface area contributed by atoms with Crippen molar-refractivity contribution in [2.24, 2.45) is 35.5 Å². The monoisotopic (exact) mass is 801 g/mol. The molecule has 3 fully saturated rings. The molecule has 0 aromatic carbocycles. The molecule has 3 heterocycles. The van der Waals surface area contributed by atoms with Gasteiger partial charge in [0.15, 0.2) is 5.78 Å². The smallest absolute Gasteiger partial charge is 0.329 e. The van der Waals surface area contributed by atoms with Crippen LogP contribution in [0.25, 0.3) is 0 Å². The fourth-order valence-corrected chi connectivity index (χ4v) is 9.42. The highest BCUT2D eigenvalue weighted by molar-refractivity contribution is 6.39. The molecule has 0 aromatic rings. The second-order valence-corrected chi connectivity index (χ2v) is 17.3. The highest BCUT2D eigenvalue weighted by Crippen LogP contribution is 2.39. The van der Waals surface area contributed by atoms with Crippen LogP contribution in [0.5, 0.6) is 0 Å². The van der Waals surface area contributed by atoms with Crippen LogP contribution in [-0.4, -0.2) is 119 Å². The van der Waals surface area contributed by atoms with E-state index < -0.39 is 83.9 Å². The van der Waals surface area contributed by atoms with Gasteiger partial charge in [0.1, 0.15) is 24.5 Å². The molecule has 1 amide bonds. The number of piperidine rings is 1. The molecule has 320 valence electrons. The normalized spacial score (nSPS) is 40.0. The van der Waals surface area contributed by atoms with Gasteiger partial charge in [0.2, 0.25) is 5.79 Å². The minimum atomic E-state index is -2.52. The zero-order valence-electron chi connectivity index (χ0n) is 35.0. The van der Waals surface area contributed by atoms with Crippen molar-refractivity contribution >= 4 is 29.7 Å². The predicted molar refractivity (Wildman–Crippen MR) is 211 cm³/mol. The van der Waals surface area contributed by atoms with Crippen LogP contribution in [0, 0.1) is 35.5 Å². The number of rotatable bonds is 7. The summed E-state index contributed by atoms with van der Waals surface area (Å²) < 4.78 is 24.2. The van der Waals surface area contributed by atoms with Crippen molar-refractivity contribution in [1.29, 1.82) is 0 Å². The third-order valence-electron chi connectivity index (χ3n) is 12.8. The van der Waals surface area contributed by atoms with Crippen LogP contribution in [-0.2, 0) is 42.9 Å². The second-order valence-electron chi connectivity index (χ2n) is 17.3. The fourth-order valence-electron chi connectivity index (χ4n) is 9.42. The first-order chi connectivity index (χ1) is 27.0. The number of carbonyl (C=O) groups is 5. The Hall–Kier alpha value is -3.07. The molecule has 4 rings (SSSR count). The number of methoxy groups -OCH3 is 2. The van der Waals surface area contributed by atoms with Gasteiger partial charge in [-0.15, -0.1) is 6.58 Å². The van der Waals surface area contributed by atoms with Crippen molar-refractivity contribution in [2.45, 2.75) is 154 Å². The predicted octanol–water partition coefficient (Wildman–Crippen LogP) is 4.44. The third kappa shape index (κ3) is 11.2. The number of carbonyl (C=O) groups excluding carboxylic acids is 5. The van der Waals surface area contributed by atoms with Crippen molar-refractivity contribution in [1.82, 2.24) is 4.90 Å². The van der Waals surface area contributed by atoms with Crippen molar-refractivity contribution < 1.29 is 58.2 Å². The maximum Gasteiger partial charge on any atom is 0.329 e. The lowest BCUT2D eigenvalue weighted by Gasteiger charge is -2.47. The zero-order valence-corrected chi connectivity index (χ0v) is 35.0. The van der Waals surface area contributed by atoms with Crippen LogP contribution >= 0.6 is 0 Å². The van der Waals surface area contributed by atoms with E-state index in [-0.39, 0.29) is 49.3 Å². The topological polar surface area (TPSA) is 186 Å². The SMILES string of the molecule is C=CCC1=CC(C)CC(C)CC(OC)C2OC(O)(C(=O)C(=O)N3CCCCC3C(=O)OC(C(C)=CC3CCC(O)C(C=O)C3)C(C)C(O)CC1=O)C(C)CC2OC. The molecular weight excluding hydrogens is 734 g/mol. The molecule has 14 atom stereocenters. The molecule has 0 aromatic heterocycles. The average molecular weight is 802 g/mol. The molecule has 2 bridgehead atoms. The van der Waals surface area contributed by atoms with Crippen LogP contribution in [0.1, 0.15) is 105 Å². The Balaban J connectivity index is 1.78. The first-order valence-corrected chi connectivity index (χ1v) is 20.8. The molecule has 4 aliphatic rings. The maximum absolute atomic E-state index is 14.3. The van der Waals surface area contributed by atoms with E-state index in [0.29, 0.717) is 62.5 Å². The molecule has 0 spiro atoms. The number of amides is 1. The van der Waals surface area contributed by atoms with Crippen LogP contribution in [0.3, 0.4) is 0 Å². The van der Waals surface area contributed by atoms with Gasteiger partial charge in [-0.1, -0.05) is 45.9 Å². The molecule has 13 nitrogen and oxygen atoms in total. The van der Waals surface area contributed by atoms with Gasteiger partial charge in [0, 0.05) is 44.9 Å². The number of aliphatic hydroxyl groups excluding tert-OH is 2. The Kier molecular flexibility index (Phi) is 17.0. The van der Waals surface area contributed by atoms with Crippen molar-refractivity contribution in [3.63, 3.8) is 0 Å². The zero-order chi connectivity index (χ0) is 42.2. The molecule has 13 heteroatoms. The molecule has 0 radical (unpaired) electrons. The van der Waals surface area contributed by atoms with Gasteiger partial charge in [-0.2, -0.15) is 0 Å². The van der Waals surface area contributed by atoms with E-state index in [1.807, 2.05) is 26.0 Å². The summed E-state index contributed by atoms with van der Waals surface area (Å²) in [7, 11) is 3.04. The largest absolute Gasteiger partial charge is 0.456 e. The summed E-state index contributed by atoms with van der Waals surface area (Å²) >= 11 is 0. The second kappa shape index (κ2) is 20.8. The molecular formula is C44H67NO12. The highest BCUT2D eigenvalue weighted by Gasteiger charge is 2.56. The number of hydrogen-bond donors (Lipinski definition) is 3. The Labute approximate surface area is 338 Å². The van der Waals surface area contributed by atoms with E-state index in [2.05, 4.69) is 6.58 Å². The standard InChI is InChI=1S/C44H67NO12/c1-9-12-31-18-25(2)17-26(3)19-37(54-7)40-38(55-8)21-28(5)44(53,57-40)41(50)42(51)45-16-11-10-13-33(45)43(52)56-39(29(6)35(48)23-36(31)49)27(4)20-30-14-15-34(47)32(22-30)24-46/h9,18,20,24-26,28-30,32-35,37-40,47-48,53H,1,10-17,19,21-23H2,2-8H3. The van der Waals surface area contributed by atoms with Crippen LogP contribution < -0.4 is 0 Å². The Bertz CT molecular complexity index is 1510. The third-order valence-corrected chi connectivity index (χ3v) is 12.8. The molecule has 14 unspecified atom stereocenters. The van der Waals surface area contributed by atoms with Gasteiger partial charge in [-0.3, -0.25) is 14.4 Å². The lowest BCUT2D eigenvalue weighted by atomic mass is 9.78. The number of allylic oxidation sites excluding steroid dienone is 4. The number of cyclic esters (lactones) is 1. The summed E-state index contributed by atoms with van der Waals surface area (Å²) in [5, 5.41) is 34.0. The van der Waals surface area contributed by atoms with E-state index in [4.69, 9.17) is 18.9 Å². The average Bonchev–Trinajstić information content (AvgIpc) is 3.18. The number of fused-ring (bicyclic) bond motifs is 3. The Morgan fingerprint density at radius 2 is 1.65 bits per heavy atom. The summed E-state index contributed by atoms with van der Waals surface area (Å²) in [6.45, 7) is 13.0. The van der Waals surface area contributed by atoms with Gasteiger partial charge in [-0.25, -0.2) is 4.79 Å². The molecule has 1 aliphatic carbocycles. The molecule has 2 saturated heterocycles. The Morgan fingerprint density at radius 1 is 0.965 bits per heavy atom. The van der Waals surface area contributed by atoms with Crippen LogP contribution in [0.4, 0.5) is 0 Å². The molecule has 1 saturated carbocycles. The van der Waals surface area contributed by atoms with E-state index in [1.54, 1.807) is 26.8 Å². The number of nitrogens with zero attached hydrogens (tertiary/aromatic N) is 1. The van der Waals surface area contributed by atoms with Crippen molar-refractivity contribution in [3.05, 3.63) is 36.0 Å². The van der Waals surface area contributed by atoms with Crippen molar-refractivity contribution in [3.8, 4) is 0 Å². The Morgan fingerprint density at radius 3 is 2.30 bits per heavy atom. The first-order valence-electron chi connectivity index (χ1n) is 20.8. The summed E-state index contributed by atoms with van der Waals surface area (Å²) in [5.74, 6) is -8.15. The van der Waals surface area contributed by atoms with Gasteiger partial charge in [0.05, 0.1) is 24.4 Å². The van der Waals surface area contributed by atoms with Gasteiger partial charge in [0.25, 0.3) is 11.7 Å². The fraction of sp³-hybridized carbons (Fsp3) is 0.750. The van der Waals surface area contributed by atoms with Gasteiger partial charge < -0.3 is 44.0 Å². The van der Waals surface area contributed by atoms with Crippen molar-refractivity contribution in [2.75, 3.05) is 20.8 Å². The van der Waals surface area contributed by atoms with Gasteiger partial charge >= 0.3 is 5.97 Å². The van der Waals surface area contributed by atoms with E-state index in [0.717, 1.165) is 11.2 Å². The lowest BCUT2D eigenvalue weighted by molar-refractivity contribution is -0.302. The quantitative estimate of drug-likeness (QED) is 0.143. The number of aliphatic hydroxyl groups is 3. The highest BCUT2D eigenvalue weighted by atomic mass is 16.7. The van der Waals surface area contributed by atoms with E-state index in [1.165, 1.54) is 14.2 Å². The summed E-state index contributed by atoms with van der Waals surface area (Å²) in [4.78, 5) is 69.4. The van der Waals surface area contributed by atoms with E-state index >= 15 is 0 Å². The van der Waals surface area contributed by atoms with Gasteiger partial charge in [-0.05, 0) is 100 Å². The molecule has 3 aliphatic heterocycles. The first kappa shape index (κ1) is 46.6. The summed E-state index contributed by atoms with van der Waals surface area (Å²) in [5.41, 5.74) is 1.10. The van der Waals surface area contributed by atoms with Crippen LogP contribution in [0.15, 0.2) is 36.0 Å². The number of hydrogen-bond acceptors (Lipinski definition) is 12. The van der Waals surface area contributed by atoms with E-state index in [9.17, 15) is 39.3 Å².